The molecule has 3 aliphatic heterocycles. The van der Waals surface area contributed by atoms with Gasteiger partial charge in [-0.3, -0.25) is 29.0 Å². The van der Waals surface area contributed by atoms with Gasteiger partial charge in [-0.05, 0) is 49.1 Å². The number of nitrogens with one attached hydrogen (secondary N) is 2. The normalized spacial score (nSPS) is 17.0. The third-order valence-electron chi connectivity index (χ3n) is 7.82. The fourth-order valence-electron chi connectivity index (χ4n) is 6.05. The van der Waals surface area contributed by atoms with Crippen LogP contribution >= 0.6 is 0 Å². The molecule has 0 atom stereocenters. The van der Waals surface area contributed by atoms with Gasteiger partial charge in [0.05, 0.1) is 35.1 Å². The minimum Gasteiger partial charge on any atom is -0.326 e. The van der Waals surface area contributed by atoms with Crippen molar-refractivity contribution in [3.63, 3.8) is 0 Å². The highest BCUT2D eigenvalue weighted by atomic mass is 16.2. The Hall–Kier alpha value is -5.19. The second kappa shape index (κ2) is 9.47. The van der Waals surface area contributed by atoms with Crippen LogP contribution in [-0.2, 0) is 20.9 Å². The first-order valence-electron chi connectivity index (χ1n) is 13.6. The van der Waals surface area contributed by atoms with Crippen LogP contribution in [0.25, 0.3) is 33.9 Å². The Kier molecular flexibility index (Phi) is 5.74. The molecule has 0 saturated carbocycles. The topological polar surface area (TPSA) is 121 Å². The number of carbonyl (C=O) groups is 4. The minimum absolute atomic E-state index is 0.0663. The smallest absolute Gasteiger partial charge is 0.324 e. The van der Waals surface area contributed by atoms with Crippen molar-refractivity contribution in [2.45, 2.75) is 32.7 Å². The van der Waals surface area contributed by atoms with E-state index in [9.17, 15) is 19.2 Å². The third kappa shape index (κ3) is 4.08. The van der Waals surface area contributed by atoms with E-state index in [2.05, 4.69) is 15.6 Å². The van der Waals surface area contributed by atoms with E-state index in [4.69, 9.17) is 0 Å². The monoisotopic (exact) mass is 549 g/mol. The first-order valence-corrected chi connectivity index (χ1v) is 13.6. The predicted octanol–water partition coefficient (Wildman–Crippen LogP) is 3.66. The van der Waals surface area contributed by atoms with Crippen molar-refractivity contribution in [1.82, 2.24) is 29.1 Å². The lowest BCUT2D eigenvalue weighted by atomic mass is 9.97. The number of fused-ring (bicyclic) bond motifs is 1. The maximum absolute atomic E-state index is 13.4. The quantitative estimate of drug-likeness (QED) is 0.378. The molecule has 1 fully saturated rings. The van der Waals surface area contributed by atoms with Gasteiger partial charge >= 0.3 is 6.03 Å². The zero-order valence-electron chi connectivity index (χ0n) is 22.4. The van der Waals surface area contributed by atoms with E-state index < -0.39 is 11.8 Å². The first kappa shape index (κ1) is 24.8. The highest BCUT2D eigenvalue weighted by Crippen LogP contribution is 2.39. The summed E-state index contributed by atoms with van der Waals surface area (Å²) in [6.45, 7) is 3.16. The largest absolute Gasteiger partial charge is 0.326 e. The Morgan fingerprint density at radius 1 is 1.00 bits per heavy atom. The first-order chi connectivity index (χ1) is 19.9. The molecule has 11 nitrogen and oxygen atoms in total. The standard InChI is InChI=1S/C30H27N7O4/c1-18(38)32-20-13-19-16-36(30(41)34-8-4-2-5-9-34)12-11-35-17-22(21(14-20)27(19)35)25-26(29(40)33-28(25)39)23-15-31-24-7-3-6-10-37(23)24/h3,6-7,10-15,17H,2,4-5,8-9,16H2,1H3,(H,32,38)(H,33,39,40). The Labute approximate surface area is 234 Å². The summed E-state index contributed by atoms with van der Waals surface area (Å²) in [4.78, 5) is 60.0. The van der Waals surface area contributed by atoms with Crippen molar-refractivity contribution < 1.29 is 19.2 Å². The van der Waals surface area contributed by atoms with Crippen molar-refractivity contribution in [3.05, 3.63) is 71.9 Å². The lowest BCUT2D eigenvalue weighted by Crippen LogP contribution is -2.42. The van der Waals surface area contributed by atoms with Gasteiger partial charge in [0, 0.05) is 61.4 Å². The second-order valence-electron chi connectivity index (χ2n) is 10.5. The molecule has 2 N–H and O–H groups in total. The molecule has 6 heterocycles. The number of urea groups is 1. The molecule has 0 bridgehead atoms. The average Bonchev–Trinajstić information content (AvgIpc) is 3.58. The van der Waals surface area contributed by atoms with E-state index in [1.807, 2.05) is 33.7 Å². The molecule has 5 amide bonds. The molecule has 1 aromatic carbocycles. The van der Waals surface area contributed by atoms with Crippen LogP contribution in [0.2, 0.25) is 0 Å². The fourth-order valence-corrected chi connectivity index (χ4v) is 6.05. The summed E-state index contributed by atoms with van der Waals surface area (Å²) < 4.78 is 3.64. The Bertz CT molecular complexity index is 1850. The Balaban J connectivity index is 1.42. The van der Waals surface area contributed by atoms with Crippen LogP contribution in [0.5, 0.6) is 0 Å². The van der Waals surface area contributed by atoms with Gasteiger partial charge in [-0.2, -0.15) is 0 Å². The van der Waals surface area contributed by atoms with Crippen LogP contribution in [0.3, 0.4) is 0 Å². The number of amides is 5. The van der Waals surface area contributed by atoms with Crippen molar-refractivity contribution in [3.8, 4) is 0 Å². The number of pyridine rings is 1. The zero-order chi connectivity index (χ0) is 28.2. The van der Waals surface area contributed by atoms with Crippen LogP contribution in [0.4, 0.5) is 10.5 Å². The summed E-state index contributed by atoms with van der Waals surface area (Å²) in [5, 5.41) is 5.99. The summed E-state index contributed by atoms with van der Waals surface area (Å²) in [5.41, 5.74) is 4.26. The van der Waals surface area contributed by atoms with Gasteiger partial charge in [0.1, 0.15) is 5.65 Å². The number of likely N-dealkylation sites (tertiary alicyclic amines) is 1. The molecule has 0 aliphatic carbocycles. The third-order valence-corrected chi connectivity index (χ3v) is 7.82. The molecule has 206 valence electrons. The molecule has 0 unspecified atom stereocenters. The number of hydrogen-bond donors (Lipinski definition) is 2. The van der Waals surface area contributed by atoms with Crippen molar-refractivity contribution in [2.75, 3.05) is 18.4 Å². The Morgan fingerprint density at radius 3 is 2.61 bits per heavy atom. The molecular formula is C30H27N7O4. The van der Waals surface area contributed by atoms with Gasteiger partial charge in [0.2, 0.25) is 5.91 Å². The number of nitrogens with zero attached hydrogens (tertiary/aromatic N) is 5. The highest BCUT2D eigenvalue weighted by Gasteiger charge is 2.36. The van der Waals surface area contributed by atoms with Crippen LogP contribution in [0.1, 0.15) is 43.0 Å². The second-order valence-corrected chi connectivity index (χ2v) is 10.5. The SMILES string of the molecule is CC(=O)Nc1cc2c3c(c1)c(C1=C(c4cnc5ccccn45)C(=O)NC1=O)cn3C=CN(C(=O)N1CCCCC1)C2. The molecule has 7 rings (SSSR count). The number of anilines is 1. The van der Waals surface area contributed by atoms with E-state index in [0.717, 1.165) is 43.4 Å². The maximum atomic E-state index is 13.4. The van der Waals surface area contributed by atoms with Gasteiger partial charge < -0.3 is 14.8 Å². The maximum Gasteiger partial charge on any atom is 0.324 e. The van der Waals surface area contributed by atoms with E-state index in [1.165, 1.54) is 6.92 Å². The highest BCUT2D eigenvalue weighted by molar-refractivity contribution is 6.50. The van der Waals surface area contributed by atoms with Crippen LogP contribution < -0.4 is 10.6 Å². The van der Waals surface area contributed by atoms with Gasteiger partial charge in [-0.25, -0.2) is 9.78 Å². The minimum atomic E-state index is -0.510. The Morgan fingerprint density at radius 2 is 1.80 bits per heavy atom. The molecular weight excluding hydrogens is 522 g/mol. The number of rotatable bonds is 3. The van der Waals surface area contributed by atoms with Crippen LogP contribution in [-0.4, -0.2) is 60.6 Å². The molecule has 3 aromatic heterocycles. The van der Waals surface area contributed by atoms with E-state index in [0.29, 0.717) is 28.0 Å². The van der Waals surface area contributed by atoms with Gasteiger partial charge in [0.15, 0.2) is 0 Å². The summed E-state index contributed by atoms with van der Waals surface area (Å²) in [7, 11) is 0. The van der Waals surface area contributed by atoms with Crippen LogP contribution in [0.15, 0.2) is 55.1 Å². The van der Waals surface area contributed by atoms with E-state index >= 15 is 0 Å². The number of hydrogen-bond acceptors (Lipinski definition) is 5. The number of piperidine rings is 1. The van der Waals surface area contributed by atoms with E-state index in [-0.39, 0.29) is 29.6 Å². The number of carbonyl (C=O) groups excluding carboxylic acids is 4. The summed E-state index contributed by atoms with van der Waals surface area (Å²) >= 11 is 0. The van der Waals surface area contributed by atoms with Crippen molar-refractivity contribution in [2.24, 2.45) is 0 Å². The predicted molar refractivity (Wildman–Crippen MR) is 153 cm³/mol. The lowest BCUT2D eigenvalue weighted by Gasteiger charge is -2.31. The van der Waals surface area contributed by atoms with Gasteiger partial charge in [-0.15, -0.1) is 0 Å². The van der Waals surface area contributed by atoms with Gasteiger partial charge in [0.25, 0.3) is 11.8 Å². The van der Waals surface area contributed by atoms with Crippen molar-refractivity contribution in [1.29, 1.82) is 0 Å². The summed E-state index contributed by atoms with van der Waals surface area (Å²) in [6.07, 6.45) is 11.8. The number of imidazole rings is 1. The molecule has 11 heteroatoms. The van der Waals surface area contributed by atoms with Crippen LogP contribution in [0, 0.1) is 0 Å². The number of imide groups is 1. The fraction of sp³-hybridized carbons (Fsp3) is 0.233. The number of aromatic nitrogens is 3. The molecule has 41 heavy (non-hydrogen) atoms. The zero-order valence-corrected chi connectivity index (χ0v) is 22.4. The average molecular weight is 550 g/mol. The summed E-state index contributed by atoms with van der Waals surface area (Å²) in [6, 6.07) is 9.10. The number of benzene rings is 1. The molecule has 0 radical (unpaired) electrons. The van der Waals surface area contributed by atoms with E-state index in [1.54, 1.807) is 46.4 Å². The molecule has 3 aliphatic rings. The molecule has 4 aromatic rings. The summed E-state index contributed by atoms with van der Waals surface area (Å²) in [5.74, 6) is -1.26. The lowest BCUT2D eigenvalue weighted by molar-refractivity contribution is -0.123. The van der Waals surface area contributed by atoms with Crippen molar-refractivity contribution >= 4 is 63.3 Å². The molecule has 0 spiro atoms. The molecule has 1 saturated heterocycles. The van der Waals surface area contributed by atoms with Gasteiger partial charge in [-0.1, -0.05) is 6.07 Å².